The summed E-state index contributed by atoms with van der Waals surface area (Å²) in [6, 6.07) is 23.6. The lowest BCUT2D eigenvalue weighted by Crippen LogP contribution is -2.60. The highest BCUT2D eigenvalue weighted by atomic mass is 32.2. The fourth-order valence-electron chi connectivity index (χ4n) is 14.9. The topological polar surface area (TPSA) is 510 Å². The van der Waals surface area contributed by atoms with Gasteiger partial charge in [0.2, 0.25) is 82.7 Å². The lowest BCUT2D eigenvalue weighted by atomic mass is 9.88. The molecular formula is C92H116N16O19S. The number of H-pyrrole nitrogens is 1. The number of carbonyl (C=O) groups is 16. The third-order valence-corrected chi connectivity index (χ3v) is 22.8. The van der Waals surface area contributed by atoms with Crippen molar-refractivity contribution in [3.05, 3.63) is 198 Å². The number of nitrogens with two attached hydrogens (primary N) is 1. The number of carbonyl (C=O) groups excluding carboxylic acids is 15. The molecule has 1 aliphatic rings. The molecule has 128 heavy (non-hydrogen) atoms. The van der Waals surface area contributed by atoms with Crippen LogP contribution in [0.25, 0.3) is 10.9 Å². The second-order valence-electron chi connectivity index (χ2n) is 32.8. The first-order chi connectivity index (χ1) is 60.9. The number of unbranched alkanes of at least 4 members (excludes halogenated alkanes) is 1. The average molecular weight is 1780 g/mol. The molecule has 1 aliphatic heterocycles. The molecule has 0 unspecified atom stereocenters. The van der Waals surface area contributed by atoms with Gasteiger partial charge >= 0.3 is 5.97 Å². The minimum Gasteiger partial charge on any atom is -0.508 e. The number of aliphatic carboxylic acids is 1. The molecule has 2 aromatic heterocycles. The van der Waals surface area contributed by atoms with Gasteiger partial charge in [0, 0.05) is 108 Å². The molecule has 1 fully saturated rings. The van der Waals surface area contributed by atoms with E-state index in [4.69, 9.17) is 5.73 Å². The summed E-state index contributed by atoms with van der Waals surface area (Å²) >= 11 is 0.829. The zero-order chi connectivity index (χ0) is 93.4. The Hall–Kier alpha value is -13.5. The van der Waals surface area contributed by atoms with Crippen LogP contribution in [0.5, 0.6) is 11.5 Å². The number of rotatable bonds is 23. The summed E-state index contributed by atoms with van der Waals surface area (Å²) in [5.41, 5.74) is 9.10. The number of hydrogen-bond donors (Lipinski definition) is 14. The van der Waals surface area contributed by atoms with Crippen LogP contribution in [0, 0.1) is 17.8 Å². The Kier molecular flexibility index (Phi) is 38.1. The van der Waals surface area contributed by atoms with E-state index in [0.29, 0.717) is 57.1 Å². The Morgan fingerprint density at radius 3 is 1.56 bits per heavy atom. The molecule has 14 amide bonds. The summed E-state index contributed by atoms with van der Waals surface area (Å²) in [5.74, 6) is -18.5. The van der Waals surface area contributed by atoms with Crippen LogP contribution in [0.4, 0.5) is 0 Å². The number of carboxylic acids is 1. The van der Waals surface area contributed by atoms with Crippen LogP contribution in [0.2, 0.25) is 0 Å². The maximum Gasteiger partial charge on any atom is 0.305 e. The van der Waals surface area contributed by atoms with Gasteiger partial charge in [-0.25, -0.2) is 0 Å². The average Bonchev–Trinajstić information content (AvgIpc) is 1.75. The number of carboxylic acid groups (broad SMARTS) is 1. The number of nitrogens with zero attached hydrogens (tertiary/aromatic N) is 5. The molecule has 36 heteroatoms. The number of primary amides is 1. The number of para-hydroxylation sites is 1. The second-order valence-corrected chi connectivity index (χ2v) is 33.9. The summed E-state index contributed by atoms with van der Waals surface area (Å²) < 4.78 is 0. The Morgan fingerprint density at radius 2 is 0.992 bits per heavy atom. The summed E-state index contributed by atoms with van der Waals surface area (Å²) in [6.45, 7) is 6.21. The number of pyridine rings is 1. The number of Topliss-reactive ketones (excluding diaryl/α,β-unsaturated/α-hetero) is 1. The van der Waals surface area contributed by atoms with Gasteiger partial charge in [-0.2, -0.15) is 0 Å². The molecule has 5 aromatic carbocycles. The van der Waals surface area contributed by atoms with Gasteiger partial charge in [0.05, 0.1) is 37.8 Å². The van der Waals surface area contributed by atoms with E-state index in [2.05, 4.69) is 57.8 Å². The second kappa shape index (κ2) is 48.8. The molecule has 1 saturated heterocycles. The van der Waals surface area contributed by atoms with E-state index < -0.39 is 205 Å². The number of phenols is 2. The van der Waals surface area contributed by atoms with Crippen molar-refractivity contribution >= 4 is 117 Å². The van der Waals surface area contributed by atoms with Crippen LogP contribution in [-0.2, 0) is 115 Å². The van der Waals surface area contributed by atoms with Gasteiger partial charge in [-0.05, 0) is 107 Å². The Bertz CT molecular complexity index is 5030. The molecule has 15 N–H and O–H groups in total. The van der Waals surface area contributed by atoms with Gasteiger partial charge in [-0.1, -0.05) is 151 Å². The number of thioether (sulfide) groups is 1. The van der Waals surface area contributed by atoms with Crippen molar-refractivity contribution in [2.75, 3.05) is 59.3 Å². The highest BCUT2D eigenvalue weighted by Gasteiger charge is 2.42. The fourth-order valence-corrected chi connectivity index (χ4v) is 15.7. The highest BCUT2D eigenvalue weighted by molar-refractivity contribution is 8.00. The number of fused-ring (bicyclic) bond motifs is 1. The van der Waals surface area contributed by atoms with Crippen molar-refractivity contribution in [2.45, 2.75) is 172 Å². The molecule has 0 saturated carbocycles. The Labute approximate surface area is 746 Å². The number of nitrogens with one attached hydrogen (secondary N) is 10. The first-order valence-electron chi connectivity index (χ1n) is 42.3. The zero-order valence-corrected chi connectivity index (χ0v) is 74.0. The lowest BCUT2D eigenvalue weighted by Gasteiger charge is -2.37. The lowest BCUT2D eigenvalue weighted by molar-refractivity contribution is -0.151. The van der Waals surface area contributed by atoms with Gasteiger partial charge in [0.1, 0.15) is 65.9 Å². The van der Waals surface area contributed by atoms with E-state index in [1.165, 1.54) is 98.9 Å². The van der Waals surface area contributed by atoms with Crippen molar-refractivity contribution in [1.29, 1.82) is 0 Å². The van der Waals surface area contributed by atoms with E-state index in [1.54, 1.807) is 131 Å². The number of hydrogen-bond acceptors (Lipinski definition) is 20. The van der Waals surface area contributed by atoms with Gasteiger partial charge in [-0.3, -0.25) is 81.7 Å². The molecule has 3 heterocycles. The number of aromatic nitrogens is 2. The molecule has 0 spiro atoms. The van der Waals surface area contributed by atoms with Crippen LogP contribution in [0.15, 0.2) is 164 Å². The minimum absolute atomic E-state index is 0.0326. The SMILES string of the molecule is CCCC[C@H]1C(=O)N(C)CC(=O)N[C@@H](CC(=O)O)C(=O)N[C@@H](C(C)C)C(=O)C[C@@H](Cc2ccncc2)C(=O)N[C@@H](Cc2ccc(O)cc2)C(=O)N(C)CC(=O)N[C@@H](Cc2c[nH]c3ccccc23)C(=O)N[C@@H](Cc2ccc(O)cc2)C(=O)N[C@@H](CC(C)C)C(=O)N[C@H](C(=O)NCC(N)=O)CSCC(=O)N[C@@H](Cc2ccccc2)C(=O)N(C)[C@@H](Cc2ccccc2)C(=O)N1C. The van der Waals surface area contributed by atoms with E-state index in [1.807, 2.05) is 6.92 Å². The normalized spacial score (nSPS) is 22.0. The molecule has 11 atom stereocenters. The minimum atomic E-state index is -1.89. The van der Waals surface area contributed by atoms with Crippen LogP contribution in [0.3, 0.4) is 0 Å². The third-order valence-electron chi connectivity index (χ3n) is 21.8. The van der Waals surface area contributed by atoms with E-state index in [-0.39, 0.29) is 74.5 Å². The van der Waals surface area contributed by atoms with E-state index in [0.717, 1.165) is 21.6 Å². The van der Waals surface area contributed by atoms with Gasteiger partial charge in [0.15, 0.2) is 5.78 Å². The predicted octanol–water partition coefficient (Wildman–Crippen LogP) is 2.47. The fraction of sp³-hybridized carbons (Fsp3) is 0.424. The number of benzene rings is 5. The summed E-state index contributed by atoms with van der Waals surface area (Å²) in [7, 11) is 5.26. The standard InChI is InChI=1S/C92H116N16O19S/c1-10-11-26-74-91(126)106(7)51-79(114)98-70(47-81(116)117)88(123)104-82(55(4)5)76(111)46-61(40-60-35-37-94-38-36-60)83(118)102-71(43-59-29-33-64(110)34-30-59)89(124)105(6)50-78(113)97-69(45-62-48-95-66-25-19-18-24-65(62)66)87(122)101-68(41-58-27-31-63(109)32-28-58)86(121)100-67(39-54(2)3)85(120)103-73(84(119)96-49-77(93)112)52-128-53-80(115)99-72(42-56-20-14-12-15-21-56)90(125)108(9)75(92(127)107(74)8)44-57-22-16-13-17-23-57/h12-25,27-38,48,54-55,61,67-75,82,95,109-110H,10-11,26,39-47,49-53H2,1-9H3,(H2,93,112)(H,96,119)(H,97,113)(H,98,114)(H,99,115)(H,100,121)(H,101,122)(H,102,118)(H,103,120)(H,104,123)(H,116,117)/t61-,67+,68+,69+,70+,71+,72+,73+,74+,75+,82+/m1/s1. The highest BCUT2D eigenvalue weighted by Crippen LogP contribution is 2.25. The summed E-state index contributed by atoms with van der Waals surface area (Å²) in [5, 5.41) is 55.5. The number of aromatic hydroxyl groups is 2. The maximum absolute atomic E-state index is 15.5. The van der Waals surface area contributed by atoms with Crippen molar-refractivity contribution in [3.63, 3.8) is 0 Å². The number of phenolic OH excluding ortho intramolecular Hbond substituents is 2. The molecule has 7 aromatic rings. The largest absolute Gasteiger partial charge is 0.508 e. The number of amides is 14. The van der Waals surface area contributed by atoms with Crippen LogP contribution in [-0.4, -0.2) is 259 Å². The van der Waals surface area contributed by atoms with Crippen molar-refractivity contribution < 1.29 is 92.0 Å². The van der Waals surface area contributed by atoms with E-state index >= 15 is 28.8 Å². The van der Waals surface area contributed by atoms with Crippen LogP contribution >= 0.6 is 11.8 Å². The quantitative estimate of drug-likeness (QED) is 0.0437. The number of likely N-dealkylation sites (N-methyl/N-ethyl adjacent to an activating group) is 4. The molecule has 684 valence electrons. The van der Waals surface area contributed by atoms with Crippen LogP contribution < -0.4 is 53.6 Å². The molecular weight excluding hydrogens is 1670 g/mol. The third kappa shape index (κ3) is 30.7. The maximum atomic E-state index is 15.5. The molecule has 0 radical (unpaired) electrons. The van der Waals surface area contributed by atoms with Crippen molar-refractivity contribution in [3.8, 4) is 11.5 Å². The van der Waals surface area contributed by atoms with Gasteiger partial charge < -0.3 is 93.5 Å². The Morgan fingerprint density at radius 1 is 0.508 bits per heavy atom. The monoisotopic (exact) mass is 1780 g/mol. The molecule has 35 nitrogen and oxygen atoms in total. The first kappa shape index (κ1) is 99.9. The molecule has 0 aliphatic carbocycles. The van der Waals surface area contributed by atoms with Crippen LogP contribution in [0.1, 0.15) is 107 Å². The smallest absolute Gasteiger partial charge is 0.305 e. The Balaban J connectivity index is 1.20. The summed E-state index contributed by atoms with van der Waals surface area (Å²) in [6.07, 6.45) is 2.45. The molecule has 8 rings (SSSR count). The van der Waals surface area contributed by atoms with E-state index in [9.17, 15) is 63.3 Å². The zero-order valence-electron chi connectivity index (χ0n) is 73.2. The van der Waals surface area contributed by atoms with Crippen molar-refractivity contribution in [2.24, 2.45) is 23.5 Å². The number of ketones is 1. The van der Waals surface area contributed by atoms with Gasteiger partial charge in [-0.15, -0.1) is 11.8 Å². The predicted molar refractivity (Wildman–Crippen MR) is 476 cm³/mol. The first-order valence-corrected chi connectivity index (χ1v) is 43.5. The summed E-state index contributed by atoms with van der Waals surface area (Å²) in [4.78, 5) is 245. The van der Waals surface area contributed by atoms with Gasteiger partial charge in [0.25, 0.3) is 0 Å². The molecule has 0 bridgehead atoms. The number of aromatic amines is 1. The van der Waals surface area contributed by atoms with Crippen molar-refractivity contribution in [1.82, 2.24) is 77.4 Å².